The van der Waals surface area contributed by atoms with E-state index in [9.17, 15) is 13.2 Å². The third kappa shape index (κ3) is 3.31. The van der Waals surface area contributed by atoms with E-state index in [4.69, 9.17) is 5.73 Å². The van der Waals surface area contributed by atoms with E-state index in [0.29, 0.717) is 31.1 Å². The van der Waals surface area contributed by atoms with Crippen molar-refractivity contribution in [2.45, 2.75) is 30.2 Å². The molecule has 7 heteroatoms. The summed E-state index contributed by atoms with van der Waals surface area (Å²) in [6, 6.07) is 6.23. The highest BCUT2D eigenvalue weighted by atomic mass is 32.2. The number of carbonyl (C=O) groups is 1. The van der Waals surface area contributed by atoms with E-state index in [-0.39, 0.29) is 16.8 Å². The average molecular weight is 323 g/mol. The molecule has 1 aliphatic heterocycles. The first-order chi connectivity index (χ1) is 10.5. The Bertz CT molecular complexity index is 653. The number of benzene rings is 1. The molecule has 0 bridgehead atoms. The Kier molecular flexibility index (Phi) is 4.20. The van der Waals surface area contributed by atoms with Crippen molar-refractivity contribution in [3.05, 3.63) is 29.8 Å². The summed E-state index contributed by atoms with van der Waals surface area (Å²) in [7, 11) is -3.46. The van der Waals surface area contributed by atoms with Gasteiger partial charge in [-0.1, -0.05) is 0 Å². The maximum Gasteiger partial charge on any atom is 0.253 e. The summed E-state index contributed by atoms with van der Waals surface area (Å²) in [6.07, 6.45) is 2.72. The van der Waals surface area contributed by atoms with E-state index in [0.717, 1.165) is 19.3 Å². The lowest BCUT2D eigenvalue weighted by Crippen LogP contribution is -2.30. The number of hydrogen-bond donors (Lipinski definition) is 2. The van der Waals surface area contributed by atoms with Gasteiger partial charge in [0, 0.05) is 24.7 Å². The van der Waals surface area contributed by atoms with Gasteiger partial charge in [-0.2, -0.15) is 0 Å². The minimum atomic E-state index is -3.46. The minimum Gasteiger partial charge on any atom is -0.338 e. The van der Waals surface area contributed by atoms with Crippen LogP contribution in [0.4, 0.5) is 0 Å². The summed E-state index contributed by atoms with van der Waals surface area (Å²) in [5, 5.41) is 0. The molecule has 3 rings (SSSR count). The molecule has 120 valence electrons. The monoisotopic (exact) mass is 323 g/mol. The van der Waals surface area contributed by atoms with E-state index in [1.165, 1.54) is 12.1 Å². The van der Waals surface area contributed by atoms with Gasteiger partial charge >= 0.3 is 0 Å². The molecule has 0 radical (unpaired) electrons. The van der Waals surface area contributed by atoms with Gasteiger partial charge in [-0.05, 0) is 56.0 Å². The second-order valence-electron chi connectivity index (χ2n) is 6.06. The van der Waals surface area contributed by atoms with E-state index < -0.39 is 10.0 Å². The molecule has 2 aliphatic rings. The highest BCUT2D eigenvalue weighted by Gasteiger charge is 2.29. The van der Waals surface area contributed by atoms with Crippen molar-refractivity contribution in [3.8, 4) is 0 Å². The van der Waals surface area contributed by atoms with E-state index in [1.807, 2.05) is 0 Å². The molecule has 6 nitrogen and oxygen atoms in total. The van der Waals surface area contributed by atoms with Crippen LogP contribution in [0.2, 0.25) is 0 Å². The first-order valence-corrected chi connectivity index (χ1v) is 9.09. The summed E-state index contributed by atoms with van der Waals surface area (Å²) in [6.45, 7) is 1.98. The normalized spacial score (nSPS) is 22.0. The predicted octanol–water partition coefficient (Wildman–Crippen LogP) is 0.548. The Morgan fingerprint density at radius 2 is 1.91 bits per heavy atom. The van der Waals surface area contributed by atoms with Crippen LogP contribution in [-0.4, -0.2) is 44.9 Å². The van der Waals surface area contributed by atoms with Gasteiger partial charge in [-0.15, -0.1) is 0 Å². The number of carbonyl (C=O) groups excluding carboxylic acids is 1. The quantitative estimate of drug-likeness (QED) is 0.827. The Labute approximate surface area is 130 Å². The number of nitrogens with zero attached hydrogens (tertiary/aromatic N) is 1. The Morgan fingerprint density at radius 1 is 1.23 bits per heavy atom. The van der Waals surface area contributed by atoms with Crippen LogP contribution in [0.3, 0.4) is 0 Å². The van der Waals surface area contributed by atoms with Crippen molar-refractivity contribution in [3.63, 3.8) is 0 Å². The van der Waals surface area contributed by atoms with Gasteiger partial charge in [0.2, 0.25) is 10.0 Å². The van der Waals surface area contributed by atoms with Crippen LogP contribution in [0.15, 0.2) is 29.2 Å². The van der Waals surface area contributed by atoms with Crippen LogP contribution >= 0.6 is 0 Å². The van der Waals surface area contributed by atoms with Crippen molar-refractivity contribution >= 4 is 15.9 Å². The second-order valence-corrected chi connectivity index (χ2v) is 7.78. The molecule has 1 amide bonds. The summed E-state index contributed by atoms with van der Waals surface area (Å²) >= 11 is 0. The average Bonchev–Trinajstić information content (AvgIpc) is 3.18. The van der Waals surface area contributed by atoms with E-state index in [1.54, 1.807) is 17.0 Å². The lowest BCUT2D eigenvalue weighted by molar-refractivity contribution is 0.0787. The number of sulfonamides is 1. The highest BCUT2D eigenvalue weighted by molar-refractivity contribution is 7.89. The van der Waals surface area contributed by atoms with Gasteiger partial charge in [0.25, 0.3) is 5.91 Å². The molecule has 1 aliphatic carbocycles. The maximum atomic E-state index is 12.4. The summed E-state index contributed by atoms with van der Waals surface area (Å²) in [5.74, 6) is 0.307. The third-order valence-electron chi connectivity index (χ3n) is 4.22. The standard InChI is InChI=1S/C15H21N3O3S/c16-9-11-7-8-18(10-11)15(19)12-1-5-14(6-2-12)22(20,21)17-13-3-4-13/h1-2,5-6,11,13,17H,3-4,7-10,16H2. The van der Waals surface area contributed by atoms with Crippen LogP contribution in [0.1, 0.15) is 29.6 Å². The molecular weight excluding hydrogens is 302 g/mol. The molecule has 1 aromatic rings. The smallest absolute Gasteiger partial charge is 0.253 e. The number of rotatable bonds is 5. The third-order valence-corrected chi connectivity index (χ3v) is 5.75. The van der Waals surface area contributed by atoms with Crippen LogP contribution < -0.4 is 10.5 Å². The molecule has 0 spiro atoms. The Morgan fingerprint density at radius 3 is 2.45 bits per heavy atom. The molecule has 1 saturated heterocycles. The van der Waals surface area contributed by atoms with Crippen molar-refractivity contribution in [1.82, 2.24) is 9.62 Å². The van der Waals surface area contributed by atoms with Gasteiger partial charge in [-0.3, -0.25) is 4.79 Å². The molecule has 1 aromatic carbocycles. The zero-order valence-electron chi connectivity index (χ0n) is 12.4. The number of amides is 1. The number of likely N-dealkylation sites (tertiary alicyclic amines) is 1. The van der Waals surface area contributed by atoms with Crippen molar-refractivity contribution in [2.75, 3.05) is 19.6 Å². The number of hydrogen-bond acceptors (Lipinski definition) is 4. The number of nitrogens with one attached hydrogen (secondary N) is 1. The Balaban J connectivity index is 1.70. The van der Waals surface area contributed by atoms with Crippen LogP contribution in [0, 0.1) is 5.92 Å². The maximum absolute atomic E-state index is 12.4. The summed E-state index contributed by atoms with van der Waals surface area (Å²) in [4.78, 5) is 14.4. The fourth-order valence-electron chi connectivity index (χ4n) is 2.66. The molecule has 2 fully saturated rings. The molecule has 1 atom stereocenters. The molecule has 1 unspecified atom stereocenters. The Hall–Kier alpha value is -1.44. The molecule has 1 saturated carbocycles. The molecule has 3 N–H and O–H groups in total. The van der Waals surface area contributed by atoms with Crippen molar-refractivity contribution in [2.24, 2.45) is 11.7 Å². The fourth-order valence-corrected chi connectivity index (χ4v) is 3.96. The van der Waals surface area contributed by atoms with E-state index in [2.05, 4.69) is 4.72 Å². The fraction of sp³-hybridized carbons (Fsp3) is 0.533. The first kappa shape index (κ1) is 15.5. The zero-order chi connectivity index (χ0) is 15.7. The summed E-state index contributed by atoms with van der Waals surface area (Å²) in [5.41, 5.74) is 6.15. The first-order valence-electron chi connectivity index (χ1n) is 7.61. The molecule has 22 heavy (non-hydrogen) atoms. The second kappa shape index (κ2) is 5.98. The minimum absolute atomic E-state index is 0.0601. The lowest BCUT2D eigenvalue weighted by atomic mass is 10.1. The topological polar surface area (TPSA) is 92.5 Å². The van der Waals surface area contributed by atoms with Gasteiger partial charge in [0.1, 0.15) is 0 Å². The molecular formula is C15H21N3O3S. The van der Waals surface area contributed by atoms with Crippen molar-refractivity contribution < 1.29 is 13.2 Å². The SMILES string of the molecule is NCC1CCN(C(=O)c2ccc(S(=O)(=O)NC3CC3)cc2)C1. The van der Waals surface area contributed by atoms with Crippen LogP contribution in [0.5, 0.6) is 0 Å². The largest absolute Gasteiger partial charge is 0.338 e. The zero-order valence-corrected chi connectivity index (χ0v) is 13.2. The van der Waals surface area contributed by atoms with Gasteiger partial charge < -0.3 is 10.6 Å². The van der Waals surface area contributed by atoms with Crippen LogP contribution in [0.25, 0.3) is 0 Å². The molecule has 1 heterocycles. The van der Waals surface area contributed by atoms with Gasteiger partial charge in [0.05, 0.1) is 4.90 Å². The number of nitrogens with two attached hydrogens (primary N) is 1. The summed E-state index contributed by atoms with van der Waals surface area (Å²) < 4.78 is 26.8. The molecule has 0 aromatic heterocycles. The van der Waals surface area contributed by atoms with Gasteiger partial charge in [0.15, 0.2) is 0 Å². The van der Waals surface area contributed by atoms with Crippen LogP contribution in [-0.2, 0) is 10.0 Å². The highest BCUT2D eigenvalue weighted by Crippen LogP contribution is 2.23. The van der Waals surface area contributed by atoms with Crippen molar-refractivity contribution in [1.29, 1.82) is 0 Å². The van der Waals surface area contributed by atoms with Gasteiger partial charge in [-0.25, -0.2) is 13.1 Å². The predicted molar refractivity (Wildman–Crippen MR) is 82.9 cm³/mol. The van der Waals surface area contributed by atoms with E-state index >= 15 is 0 Å². The lowest BCUT2D eigenvalue weighted by Gasteiger charge is -2.16.